The molecule has 1 aliphatic rings. The first-order chi connectivity index (χ1) is 18.4. The van der Waals surface area contributed by atoms with Crippen LogP contribution in [0.15, 0.2) is 49.1 Å². The molecule has 2 N–H and O–H groups in total. The van der Waals surface area contributed by atoms with Gasteiger partial charge in [0.1, 0.15) is 17.0 Å². The number of hydrogen-bond donors (Lipinski definition) is 2. The number of ether oxygens (including phenoxy) is 2. The van der Waals surface area contributed by atoms with Crippen molar-refractivity contribution in [2.45, 2.75) is 19.3 Å². The third-order valence-electron chi connectivity index (χ3n) is 5.92. The molecule has 0 radical (unpaired) electrons. The number of aromatic nitrogens is 5. The van der Waals surface area contributed by atoms with Gasteiger partial charge in [-0.15, -0.1) is 0 Å². The van der Waals surface area contributed by atoms with Crippen molar-refractivity contribution in [3.63, 3.8) is 0 Å². The average molecular weight is 548 g/mol. The van der Waals surface area contributed by atoms with Crippen LogP contribution in [0, 0.1) is 0 Å². The van der Waals surface area contributed by atoms with Crippen LogP contribution in [0.1, 0.15) is 10.4 Å². The molecule has 11 nitrogen and oxygen atoms in total. The maximum atomic E-state index is 13.2. The maximum Gasteiger partial charge on any atom is 0.387 e. The molecule has 1 amide bonds. The smallest absolute Gasteiger partial charge is 0.387 e. The fourth-order valence-electron chi connectivity index (χ4n) is 4.22. The molecule has 1 atom stereocenters. The lowest BCUT2D eigenvalue weighted by atomic mass is 10.1. The molecular formula is C24H24ClF2N7O4. The van der Waals surface area contributed by atoms with Gasteiger partial charge in [0, 0.05) is 48.8 Å². The zero-order valence-electron chi connectivity index (χ0n) is 20.0. The Morgan fingerprint density at radius 1 is 1.26 bits per heavy atom. The Hall–Kier alpha value is -3.65. The van der Waals surface area contributed by atoms with Gasteiger partial charge in [-0.25, -0.2) is 9.50 Å². The molecule has 1 aromatic carbocycles. The number of hydrogen-bond acceptors (Lipinski definition) is 8. The third-order valence-corrected chi connectivity index (χ3v) is 6.15. The number of β-amino-alcohol motifs (C(OH)–C–C–N with tert-alkyl or cyclic N) is 1. The summed E-state index contributed by atoms with van der Waals surface area (Å²) in [5, 5.41) is 22.3. The summed E-state index contributed by atoms with van der Waals surface area (Å²) in [5.74, 6) is -0.705. The van der Waals surface area contributed by atoms with E-state index in [2.05, 4.69) is 25.4 Å². The lowest BCUT2D eigenvalue weighted by Gasteiger charge is -2.28. The summed E-state index contributed by atoms with van der Waals surface area (Å²) in [6, 6.07) is 5.81. The second-order valence-corrected chi connectivity index (χ2v) is 9.04. The van der Waals surface area contributed by atoms with Gasteiger partial charge in [0.05, 0.1) is 37.7 Å². The minimum absolute atomic E-state index is 0.0874. The molecule has 4 aromatic rings. The zero-order valence-corrected chi connectivity index (χ0v) is 20.8. The fraction of sp³-hybridized carbons (Fsp3) is 0.333. The van der Waals surface area contributed by atoms with E-state index in [1.54, 1.807) is 12.3 Å². The fourth-order valence-corrected chi connectivity index (χ4v) is 4.40. The quantitative estimate of drug-likeness (QED) is 0.328. The van der Waals surface area contributed by atoms with Crippen LogP contribution in [-0.2, 0) is 11.3 Å². The number of halogens is 3. The van der Waals surface area contributed by atoms with Crippen LogP contribution < -0.4 is 10.1 Å². The number of rotatable bonds is 9. The number of nitrogens with zero attached hydrogens (tertiary/aromatic N) is 6. The number of nitrogens with one attached hydrogen (secondary N) is 1. The van der Waals surface area contributed by atoms with E-state index in [0.29, 0.717) is 38.5 Å². The standard InChI is InChI=1S/C24H24ClF2N7O4/c25-15-2-3-20(38-24(26)27)17(10-15)21-19(30-23(36)18-11-29-34-5-1-4-28-22(18)34)14-33(31-21)13-16(35)12-32-6-8-37-9-7-32/h1-5,10-11,14,16,24,35H,6-9,12-13H2,(H,30,36). The molecule has 38 heavy (non-hydrogen) atoms. The summed E-state index contributed by atoms with van der Waals surface area (Å²) in [6.45, 7) is -0.0186. The first kappa shape index (κ1) is 26.0. The highest BCUT2D eigenvalue weighted by Gasteiger charge is 2.23. The predicted molar refractivity (Wildman–Crippen MR) is 134 cm³/mol. The van der Waals surface area contributed by atoms with Gasteiger partial charge >= 0.3 is 6.61 Å². The summed E-state index contributed by atoms with van der Waals surface area (Å²) in [4.78, 5) is 19.5. The van der Waals surface area contributed by atoms with Gasteiger partial charge < -0.3 is 19.9 Å². The van der Waals surface area contributed by atoms with Crippen LogP contribution in [0.5, 0.6) is 5.75 Å². The Balaban J connectivity index is 1.47. The number of aliphatic hydroxyl groups excluding tert-OH is 1. The predicted octanol–water partition coefficient (Wildman–Crippen LogP) is 2.79. The molecule has 0 saturated carbocycles. The number of alkyl halides is 2. The molecule has 3 aromatic heterocycles. The van der Waals surface area contributed by atoms with Gasteiger partial charge in [0.15, 0.2) is 5.65 Å². The number of carbonyl (C=O) groups is 1. The minimum atomic E-state index is -3.09. The van der Waals surface area contributed by atoms with Crippen LogP contribution in [0.3, 0.4) is 0 Å². The Morgan fingerprint density at radius 2 is 2.08 bits per heavy atom. The summed E-state index contributed by atoms with van der Waals surface area (Å²) in [6.07, 6.45) is 5.29. The van der Waals surface area contributed by atoms with E-state index < -0.39 is 18.6 Å². The molecular weight excluding hydrogens is 524 g/mol. The van der Waals surface area contributed by atoms with E-state index in [1.165, 1.54) is 46.0 Å². The Morgan fingerprint density at radius 3 is 2.87 bits per heavy atom. The highest BCUT2D eigenvalue weighted by Crippen LogP contribution is 2.37. The van der Waals surface area contributed by atoms with E-state index in [9.17, 15) is 18.7 Å². The van der Waals surface area contributed by atoms with Crippen molar-refractivity contribution in [3.05, 3.63) is 59.6 Å². The maximum absolute atomic E-state index is 13.2. The van der Waals surface area contributed by atoms with Gasteiger partial charge in [0.2, 0.25) is 0 Å². The normalized spacial score (nSPS) is 15.2. The summed E-state index contributed by atoms with van der Waals surface area (Å²) in [5.41, 5.74) is 1.02. The average Bonchev–Trinajstić information content (AvgIpc) is 3.49. The summed E-state index contributed by atoms with van der Waals surface area (Å²) in [7, 11) is 0. The van der Waals surface area contributed by atoms with Gasteiger partial charge in [-0.2, -0.15) is 19.0 Å². The molecule has 4 heterocycles. The first-order valence-corrected chi connectivity index (χ1v) is 12.1. The molecule has 1 saturated heterocycles. The highest BCUT2D eigenvalue weighted by molar-refractivity contribution is 6.31. The Labute approximate surface area is 220 Å². The first-order valence-electron chi connectivity index (χ1n) is 11.8. The van der Waals surface area contributed by atoms with Crippen LogP contribution in [-0.4, -0.2) is 85.9 Å². The Bertz CT molecular complexity index is 1420. The Kier molecular flexibility index (Phi) is 7.79. The molecule has 0 bridgehead atoms. The summed E-state index contributed by atoms with van der Waals surface area (Å²) < 4.78 is 39.2. The van der Waals surface area contributed by atoms with Crippen molar-refractivity contribution >= 4 is 28.8 Å². The number of morpholine rings is 1. The highest BCUT2D eigenvalue weighted by atomic mass is 35.5. The number of anilines is 1. The van der Waals surface area contributed by atoms with E-state index in [-0.39, 0.29) is 39.8 Å². The number of aliphatic hydroxyl groups is 1. The molecule has 1 fully saturated rings. The molecule has 1 aliphatic heterocycles. The number of fused-ring (bicyclic) bond motifs is 1. The van der Waals surface area contributed by atoms with Gasteiger partial charge in [-0.1, -0.05) is 11.6 Å². The van der Waals surface area contributed by atoms with Crippen LogP contribution >= 0.6 is 11.6 Å². The molecule has 14 heteroatoms. The second kappa shape index (κ2) is 11.4. The van der Waals surface area contributed by atoms with Crippen LogP contribution in [0.4, 0.5) is 14.5 Å². The lowest BCUT2D eigenvalue weighted by Crippen LogP contribution is -2.42. The monoisotopic (exact) mass is 547 g/mol. The van der Waals surface area contributed by atoms with Gasteiger partial charge in [0.25, 0.3) is 5.91 Å². The summed E-state index contributed by atoms with van der Waals surface area (Å²) >= 11 is 6.17. The SMILES string of the molecule is O=C(Nc1cn(CC(O)CN2CCOCC2)nc1-c1cc(Cl)ccc1OC(F)F)c1cnn2cccnc12. The van der Waals surface area contributed by atoms with Crippen molar-refractivity contribution < 1.29 is 28.2 Å². The van der Waals surface area contributed by atoms with E-state index in [1.807, 2.05) is 0 Å². The van der Waals surface area contributed by atoms with Crippen molar-refractivity contribution in [2.75, 3.05) is 38.2 Å². The number of carbonyl (C=O) groups excluding carboxylic acids is 1. The third kappa shape index (κ3) is 5.91. The van der Waals surface area contributed by atoms with Crippen molar-refractivity contribution in [2.24, 2.45) is 0 Å². The van der Waals surface area contributed by atoms with Crippen LogP contribution in [0.25, 0.3) is 16.9 Å². The van der Waals surface area contributed by atoms with Crippen molar-refractivity contribution in [3.8, 4) is 17.0 Å². The minimum Gasteiger partial charge on any atom is -0.434 e. The molecule has 200 valence electrons. The molecule has 5 rings (SSSR count). The molecule has 1 unspecified atom stereocenters. The lowest BCUT2D eigenvalue weighted by molar-refractivity contribution is -0.0494. The van der Waals surface area contributed by atoms with E-state index >= 15 is 0 Å². The number of benzene rings is 1. The van der Waals surface area contributed by atoms with Crippen molar-refractivity contribution in [1.82, 2.24) is 29.3 Å². The molecule has 0 spiro atoms. The van der Waals surface area contributed by atoms with Gasteiger partial charge in [-0.3, -0.25) is 14.4 Å². The van der Waals surface area contributed by atoms with E-state index in [0.717, 1.165) is 0 Å². The van der Waals surface area contributed by atoms with Crippen LogP contribution in [0.2, 0.25) is 5.02 Å². The van der Waals surface area contributed by atoms with Crippen molar-refractivity contribution in [1.29, 1.82) is 0 Å². The van der Waals surface area contributed by atoms with Gasteiger partial charge in [-0.05, 0) is 24.3 Å². The largest absolute Gasteiger partial charge is 0.434 e. The molecule has 0 aliphatic carbocycles. The number of amides is 1. The zero-order chi connectivity index (χ0) is 26.6. The topological polar surface area (TPSA) is 119 Å². The second-order valence-electron chi connectivity index (χ2n) is 8.60. The van der Waals surface area contributed by atoms with E-state index in [4.69, 9.17) is 21.1 Å².